The van der Waals surface area contributed by atoms with Crippen LogP contribution < -0.4 is 4.74 Å². The lowest BCUT2D eigenvalue weighted by molar-refractivity contribution is -0.137. The molecule has 0 fully saturated rings. The fraction of sp³-hybridized carbons (Fsp3) is 0.289. The molecule has 0 N–H and O–H groups in total. The monoisotopic (exact) mass is 676 g/mol. The molecule has 0 saturated heterocycles. The minimum absolute atomic E-state index is 0.00976. The van der Waals surface area contributed by atoms with Gasteiger partial charge in [0.15, 0.2) is 0 Å². The van der Waals surface area contributed by atoms with E-state index in [9.17, 15) is 26.3 Å². The van der Waals surface area contributed by atoms with E-state index >= 15 is 0 Å². The average Bonchev–Trinajstić information content (AvgIpc) is 3.31. The quantitative estimate of drug-likeness (QED) is 0.174. The van der Waals surface area contributed by atoms with E-state index in [2.05, 4.69) is 15.0 Å². The van der Waals surface area contributed by atoms with Gasteiger partial charge in [0.2, 0.25) is 11.8 Å². The highest BCUT2D eigenvalue weighted by Crippen LogP contribution is 2.45. The second-order valence-electron chi connectivity index (χ2n) is 14.3. The van der Waals surface area contributed by atoms with Gasteiger partial charge in [0.25, 0.3) is 0 Å². The number of pyridine rings is 1. The van der Waals surface area contributed by atoms with E-state index in [1.807, 2.05) is 54.5 Å². The smallest absolute Gasteiger partial charge is 0.417 e. The predicted molar refractivity (Wildman–Crippen MR) is 178 cm³/mol. The molecule has 6 rings (SSSR count). The van der Waals surface area contributed by atoms with Crippen LogP contribution in [0.15, 0.2) is 79.3 Å². The standard InChI is InChI=1S/C38H34F6N4O/c1-21-8-9-31-28(12-21)29-17-30(38(42,43)44)27(18-32(29)48(31)34-46-19-25(20-47-34)36(5,6)7)22-13-24(37(39,40)41)15-26(14-22)49-33-16-23(10-11-45-33)35(2,3)4/h8-20H,1-7H3. The first kappa shape index (κ1) is 34.0. The van der Waals surface area contributed by atoms with Gasteiger partial charge in [0.05, 0.1) is 22.2 Å². The number of fused-ring (bicyclic) bond motifs is 3. The third-order valence-electron chi connectivity index (χ3n) is 8.44. The van der Waals surface area contributed by atoms with E-state index < -0.39 is 29.0 Å². The molecule has 254 valence electrons. The number of rotatable bonds is 4. The minimum Gasteiger partial charge on any atom is -0.439 e. The number of nitrogens with zero attached hydrogens (tertiary/aromatic N) is 4. The summed E-state index contributed by atoms with van der Waals surface area (Å²) < 4.78 is 94.9. The molecular weight excluding hydrogens is 642 g/mol. The summed E-state index contributed by atoms with van der Waals surface area (Å²) >= 11 is 0. The summed E-state index contributed by atoms with van der Waals surface area (Å²) in [6.45, 7) is 13.7. The maximum absolute atomic E-state index is 14.9. The van der Waals surface area contributed by atoms with Crippen LogP contribution in [0.25, 0.3) is 38.9 Å². The molecule has 49 heavy (non-hydrogen) atoms. The maximum atomic E-state index is 14.9. The third-order valence-corrected chi connectivity index (χ3v) is 8.44. The summed E-state index contributed by atoms with van der Waals surface area (Å²) in [4.78, 5) is 13.3. The normalized spacial score (nSPS) is 13.0. The number of halogens is 6. The summed E-state index contributed by atoms with van der Waals surface area (Å²) in [5.41, 5.74) is -0.288. The number of benzene rings is 3. The molecule has 3 aromatic carbocycles. The molecule has 6 aromatic rings. The van der Waals surface area contributed by atoms with Gasteiger partial charge >= 0.3 is 12.4 Å². The Hall–Kier alpha value is -4.93. The van der Waals surface area contributed by atoms with E-state index in [1.54, 1.807) is 41.2 Å². The Kier molecular flexibility index (Phi) is 8.04. The van der Waals surface area contributed by atoms with Crippen molar-refractivity contribution in [3.8, 4) is 28.7 Å². The van der Waals surface area contributed by atoms with Crippen molar-refractivity contribution in [2.75, 3.05) is 0 Å². The summed E-state index contributed by atoms with van der Waals surface area (Å²) in [7, 11) is 0. The third kappa shape index (κ3) is 6.71. The van der Waals surface area contributed by atoms with E-state index in [4.69, 9.17) is 4.74 Å². The Morgan fingerprint density at radius 3 is 1.88 bits per heavy atom. The van der Waals surface area contributed by atoms with Crippen molar-refractivity contribution < 1.29 is 31.1 Å². The molecule has 0 amide bonds. The summed E-state index contributed by atoms with van der Waals surface area (Å²) in [6, 6.07) is 13.6. The molecule has 0 spiro atoms. The van der Waals surface area contributed by atoms with Gasteiger partial charge in [0.1, 0.15) is 5.75 Å². The predicted octanol–water partition coefficient (Wildman–Crippen LogP) is 11.4. The highest BCUT2D eigenvalue weighted by Gasteiger charge is 2.37. The second kappa shape index (κ2) is 11.6. The first-order valence-corrected chi connectivity index (χ1v) is 15.6. The van der Waals surface area contributed by atoms with Gasteiger partial charge in [-0.05, 0) is 88.5 Å². The molecule has 5 nitrogen and oxygen atoms in total. The molecule has 0 saturated carbocycles. The van der Waals surface area contributed by atoms with Crippen LogP contribution in [0.3, 0.4) is 0 Å². The average molecular weight is 677 g/mol. The Labute approximate surface area is 279 Å². The van der Waals surface area contributed by atoms with Crippen molar-refractivity contribution in [2.45, 2.75) is 71.6 Å². The van der Waals surface area contributed by atoms with E-state index in [1.165, 1.54) is 18.3 Å². The van der Waals surface area contributed by atoms with Crippen LogP contribution in [-0.2, 0) is 23.2 Å². The van der Waals surface area contributed by atoms with E-state index in [0.29, 0.717) is 22.5 Å². The van der Waals surface area contributed by atoms with Crippen molar-refractivity contribution >= 4 is 21.8 Å². The molecule has 0 radical (unpaired) electrons. The van der Waals surface area contributed by atoms with E-state index in [-0.39, 0.29) is 39.4 Å². The number of aromatic nitrogens is 4. The van der Waals surface area contributed by atoms with Crippen LogP contribution in [0.5, 0.6) is 11.6 Å². The van der Waals surface area contributed by atoms with Gasteiger partial charge in [0, 0.05) is 35.4 Å². The Bertz CT molecular complexity index is 2200. The van der Waals surface area contributed by atoms with Crippen molar-refractivity contribution in [3.05, 3.63) is 107 Å². The first-order chi connectivity index (χ1) is 22.7. The zero-order chi connectivity index (χ0) is 35.7. The zero-order valence-corrected chi connectivity index (χ0v) is 28.0. The summed E-state index contributed by atoms with van der Waals surface area (Å²) in [6.07, 6.45) is -5.00. The van der Waals surface area contributed by atoms with Gasteiger partial charge in [-0.15, -0.1) is 0 Å². The topological polar surface area (TPSA) is 52.8 Å². The number of hydrogen-bond donors (Lipinski definition) is 0. The number of alkyl halides is 6. The molecule has 0 atom stereocenters. The van der Waals surface area contributed by atoms with Crippen molar-refractivity contribution in [2.24, 2.45) is 0 Å². The largest absolute Gasteiger partial charge is 0.439 e. The Morgan fingerprint density at radius 2 is 1.27 bits per heavy atom. The number of ether oxygens (including phenoxy) is 1. The summed E-state index contributed by atoms with van der Waals surface area (Å²) in [5, 5.41) is 0.776. The fourth-order valence-electron chi connectivity index (χ4n) is 5.72. The van der Waals surface area contributed by atoms with Gasteiger partial charge in [-0.25, -0.2) is 15.0 Å². The first-order valence-electron chi connectivity index (χ1n) is 15.6. The van der Waals surface area contributed by atoms with E-state index in [0.717, 1.165) is 28.8 Å². The Morgan fingerprint density at radius 1 is 0.612 bits per heavy atom. The lowest BCUT2D eigenvalue weighted by atomic mass is 9.88. The van der Waals surface area contributed by atoms with Crippen LogP contribution in [0.2, 0.25) is 0 Å². The lowest BCUT2D eigenvalue weighted by Crippen LogP contribution is -2.13. The fourth-order valence-corrected chi connectivity index (χ4v) is 5.72. The van der Waals surface area contributed by atoms with Gasteiger partial charge in [-0.3, -0.25) is 4.57 Å². The van der Waals surface area contributed by atoms with Crippen LogP contribution in [0, 0.1) is 6.92 Å². The molecule has 0 aliphatic heterocycles. The number of aryl methyl sites for hydroxylation is 1. The molecule has 11 heteroatoms. The van der Waals surface area contributed by atoms with Crippen molar-refractivity contribution in [1.82, 2.24) is 19.5 Å². The highest BCUT2D eigenvalue weighted by molar-refractivity contribution is 6.10. The molecule has 3 heterocycles. The highest BCUT2D eigenvalue weighted by atomic mass is 19.4. The zero-order valence-electron chi connectivity index (χ0n) is 28.0. The molecule has 0 aliphatic carbocycles. The Balaban J connectivity index is 1.63. The lowest BCUT2D eigenvalue weighted by Gasteiger charge is -2.20. The van der Waals surface area contributed by atoms with Crippen molar-refractivity contribution in [3.63, 3.8) is 0 Å². The van der Waals surface area contributed by atoms with Crippen LogP contribution in [0.4, 0.5) is 26.3 Å². The molecule has 0 unspecified atom stereocenters. The SMILES string of the molecule is Cc1ccc2c(c1)c1cc(C(F)(F)F)c(-c3cc(Oc4cc(C(C)(C)C)ccn4)cc(C(F)(F)F)c3)cc1n2-c1ncc(C(C)(C)C)cn1. The minimum atomic E-state index is -4.91. The maximum Gasteiger partial charge on any atom is 0.417 e. The number of hydrogen-bond acceptors (Lipinski definition) is 4. The molecule has 0 aliphatic rings. The molecule has 0 bridgehead atoms. The van der Waals surface area contributed by atoms with Crippen LogP contribution in [-0.4, -0.2) is 19.5 Å². The van der Waals surface area contributed by atoms with Gasteiger partial charge in [-0.1, -0.05) is 53.2 Å². The van der Waals surface area contributed by atoms with Crippen LogP contribution in [0.1, 0.15) is 69.4 Å². The van der Waals surface area contributed by atoms with Crippen molar-refractivity contribution in [1.29, 1.82) is 0 Å². The van der Waals surface area contributed by atoms with Crippen LogP contribution >= 0.6 is 0 Å². The molecular formula is C38H34F6N4O. The second-order valence-corrected chi connectivity index (χ2v) is 14.3. The van der Waals surface area contributed by atoms with Gasteiger partial charge < -0.3 is 4.74 Å². The summed E-state index contributed by atoms with van der Waals surface area (Å²) in [5.74, 6) is -0.0927. The van der Waals surface area contributed by atoms with Gasteiger partial charge in [-0.2, -0.15) is 26.3 Å². The molecule has 3 aromatic heterocycles.